The predicted molar refractivity (Wildman–Crippen MR) is 75.4 cm³/mol. The molecule has 0 atom stereocenters. The number of pyridine rings is 1. The maximum Gasteiger partial charge on any atom is 0.140 e. The van der Waals surface area contributed by atoms with Crippen molar-refractivity contribution >= 4 is 11.8 Å². The zero-order chi connectivity index (χ0) is 12.8. The number of hydrogen-bond donors (Lipinski definition) is 1. The van der Waals surface area contributed by atoms with Gasteiger partial charge in [0.2, 0.25) is 0 Å². The van der Waals surface area contributed by atoms with E-state index in [-0.39, 0.29) is 0 Å². The van der Waals surface area contributed by atoms with Crippen LogP contribution in [0.15, 0.2) is 18.3 Å². The number of hydrogen-bond acceptors (Lipinski definition) is 4. The van der Waals surface area contributed by atoms with Crippen molar-refractivity contribution in [1.29, 1.82) is 5.26 Å². The molecule has 0 unspecified atom stereocenters. The Hall–Kier alpha value is -1.05. The number of thioether (sulfide) groups is 1. The van der Waals surface area contributed by atoms with Crippen LogP contribution in [0.5, 0.6) is 0 Å². The fourth-order valence-electron chi connectivity index (χ4n) is 2.55. The van der Waals surface area contributed by atoms with Gasteiger partial charge in [-0.1, -0.05) is 12.8 Å². The highest BCUT2D eigenvalue weighted by molar-refractivity contribution is 8.00. The lowest BCUT2D eigenvalue weighted by atomic mass is 10.1. The molecule has 4 heteroatoms. The monoisotopic (exact) mass is 261 g/mol. The summed E-state index contributed by atoms with van der Waals surface area (Å²) in [5.74, 6) is 0. The molecule has 3 nitrogen and oxygen atoms in total. The van der Waals surface area contributed by atoms with Crippen molar-refractivity contribution in [2.75, 3.05) is 12.8 Å². The maximum absolute atomic E-state index is 8.80. The van der Waals surface area contributed by atoms with E-state index in [9.17, 15) is 0 Å². The van der Waals surface area contributed by atoms with E-state index in [0.717, 1.165) is 18.7 Å². The predicted octanol–water partition coefficient (Wildman–Crippen LogP) is 2.72. The lowest BCUT2D eigenvalue weighted by Crippen LogP contribution is -2.34. The van der Waals surface area contributed by atoms with Crippen molar-refractivity contribution in [3.8, 4) is 6.07 Å². The van der Waals surface area contributed by atoms with Crippen LogP contribution in [0, 0.1) is 11.3 Å². The van der Waals surface area contributed by atoms with Crippen LogP contribution >= 0.6 is 11.8 Å². The summed E-state index contributed by atoms with van der Waals surface area (Å²) in [6.45, 7) is 1.87. The Bertz CT molecular complexity index is 433. The zero-order valence-corrected chi connectivity index (χ0v) is 11.6. The Kier molecular flexibility index (Phi) is 4.62. The van der Waals surface area contributed by atoms with Gasteiger partial charge in [0.25, 0.3) is 0 Å². The van der Waals surface area contributed by atoms with Crippen molar-refractivity contribution in [3.05, 3.63) is 29.6 Å². The molecule has 1 aromatic heterocycles. The Morgan fingerprint density at radius 1 is 1.50 bits per heavy atom. The summed E-state index contributed by atoms with van der Waals surface area (Å²) in [5, 5.41) is 12.3. The molecule has 1 aromatic rings. The summed E-state index contributed by atoms with van der Waals surface area (Å²) in [4.78, 5) is 3.98. The lowest BCUT2D eigenvalue weighted by Gasteiger charge is -2.27. The fraction of sp³-hybridized carbons (Fsp3) is 0.571. The van der Waals surface area contributed by atoms with Crippen LogP contribution in [-0.2, 0) is 6.54 Å². The van der Waals surface area contributed by atoms with Crippen LogP contribution in [0.2, 0.25) is 0 Å². The van der Waals surface area contributed by atoms with Crippen molar-refractivity contribution in [2.24, 2.45) is 0 Å². The molecule has 96 valence electrons. The van der Waals surface area contributed by atoms with Gasteiger partial charge in [0.15, 0.2) is 0 Å². The Balaban J connectivity index is 1.86. The Morgan fingerprint density at radius 2 is 2.28 bits per heavy atom. The van der Waals surface area contributed by atoms with E-state index in [1.165, 1.54) is 25.7 Å². The van der Waals surface area contributed by atoms with E-state index >= 15 is 0 Å². The fourth-order valence-corrected chi connectivity index (χ4v) is 3.50. The highest BCUT2D eigenvalue weighted by Crippen LogP contribution is 2.39. The second-order valence-electron chi connectivity index (χ2n) is 4.86. The van der Waals surface area contributed by atoms with Crippen LogP contribution in [0.25, 0.3) is 0 Å². The van der Waals surface area contributed by atoms with E-state index in [1.807, 2.05) is 23.9 Å². The average Bonchev–Trinajstić information content (AvgIpc) is 2.88. The number of nitrogens with zero attached hydrogens (tertiary/aromatic N) is 2. The van der Waals surface area contributed by atoms with Gasteiger partial charge < -0.3 is 5.32 Å². The van der Waals surface area contributed by atoms with Crippen LogP contribution in [0.3, 0.4) is 0 Å². The van der Waals surface area contributed by atoms with Crippen molar-refractivity contribution in [2.45, 2.75) is 37.0 Å². The molecule has 1 saturated carbocycles. The van der Waals surface area contributed by atoms with Gasteiger partial charge >= 0.3 is 0 Å². The second-order valence-corrected chi connectivity index (χ2v) is 6.13. The highest BCUT2D eigenvalue weighted by atomic mass is 32.2. The van der Waals surface area contributed by atoms with Crippen LogP contribution < -0.4 is 5.32 Å². The standard InChI is InChI=1S/C14H19N3S/c1-18-14(5-2-3-6-14)11-16-10-12-4-7-17-13(8-12)9-15/h4,7-8,16H,2-3,5-6,10-11H2,1H3. The Labute approximate surface area is 113 Å². The smallest absolute Gasteiger partial charge is 0.140 e. The van der Waals surface area contributed by atoms with Gasteiger partial charge in [-0.15, -0.1) is 0 Å². The molecule has 0 aliphatic heterocycles. The minimum atomic E-state index is 0.436. The normalized spacial score (nSPS) is 17.6. The van der Waals surface area contributed by atoms with Crippen molar-refractivity contribution in [1.82, 2.24) is 10.3 Å². The quantitative estimate of drug-likeness (QED) is 0.885. The first-order valence-electron chi connectivity index (χ1n) is 6.39. The molecule has 0 saturated heterocycles. The van der Waals surface area contributed by atoms with E-state index in [4.69, 9.17) is 5.26 Å². The van der Waals surface area contributed by atoms with Gasteiger partial charge in [0, 0.05) is 24.0 Å². The Morgan fingerprint density at radius 3 is 2.94 bits per heavy atom. The minimum absolute atomic E-state index is 0.436. The third-order valence-electron chi connectivity index (χ3n) is 3.66. The van der Waals surface area contributed by atoms with Gasteiger partial charge in [-0.3, -0.25) is 0 Å². The molecule has 1 fully saturated rings. The van der Waals surface area contributed by atoms with Crippen molar-refractivity contribution in [3.63, 3.8) is 0 Å². The van der Waals surface area contributed by atoms with E-state index in [1.54, 1.807) is 6.20 Å². The zero-order valence-electron chi connectivity index (χ0n) is 10.8. The average molecular weight is 261 g/mol. The molecule has 0 aromatic carbocycles. The summed E-state index contributed by atoms with van der Waals surface area (Å²) in [6, 6.07) is 5.90. The molecular weight excluding hydrogens is 242 g/mol. The first-order valence-corrected chi connectivity index (χ1v) is 7.61. The molecule has 18 heavy (non-hydrogen) atoms. The SMILES string of the molecule is CSC1(CNCc2ccnc(C#N)c2)CCCC1. The number of aromatic nitrogens is 1. The first kappa shape index (κ1) is 13.4. The second kappa shape index (κ2) is 6.21. The van der Waals surface area contributed by atoms with E-state index in [2.05, 4.69) is 22.6 Å². The number of nitrogens with one attached hydrogen (secondary N) is 1. The number of rotatable bonds is 5. The minimum Gasteiger partial charge on any atom is -0.311 e. The summed E-state index contributed by atoms with van der Waals surface area (Å²) < 4.78 is 0.436. The van der Waals surface area contributed by atoms with Crippen LogP contribution in [0.4, 0.5) is 0 Å². The molecule has 0 radical (unpaired) electrons. The third kappa shape index (κ3) is 3.24. The molecule has 0 bridgehead atoms. The van der Waals surface area contributed by atoms with Gasteiger partial charge in [-0.2, -0.15) is 17.0 Å². The molecule has 0 amide bonds. The van der Waals surface area contributed by atoms with E-state index < -0.39 is 0 Å². The van der Waals surface area contributed by atoms with Gasteiger partial charge in [-0.05, 0) is 36.8 Å². The largest absolute Gasteiger partial charge is 0.311 e. The number of nitriles is 1. The van der Waals surface area contributed by atoms with Crippen LogP contribution in [0.1, 0.15) is 36.9 Å². The molecular formula is C14H19N3S. The summed E-state index contributed by atoms with van der Waals surface area (Å²) >= 11 is 2.00. The third-order valence-corrected chi connectivity index (χ3v) is 5.08. The molecule has 1 aliphatic rings. The lowest BCUT2D eigenvalue weighted by molar-refractivity contribution is 0.533. The molecule has 1 heterocycles. The maximum atomic E-state index is 8.80. The summed E-state index contributed by atoms with van der Waals surface area (Å²) in [7, 11) is 0. The molecule has 1 aliphatic carbocycles. The van der Waals surface area contributed by atoms with Gasteiger partial charge in [0.1, 0.15) is 11.8 Å². The van der Waals surface area contributed by atoms with Gasteiger partial charge in [-0.25, -0.2) is 4.98 Å². The van der Waals surface area contributed by atoms with Crippen molar-refractivity contribution < 1.29 is 0 Å². The summed E-state index contributed by atoms with van der Waals surface area (Å²) in [5.41, 5.74) is 1.63. The molecule has 2 rings (SSSR count). The van der Waals surface area contributed by atoms with Gasteiger partial charge in [0.05, 0.1) is 0 Å². The topological polar surface area (TPSA) is 48.7 Å². The summed E-state index contributed by atoms with van der Waals surface area (Å²) in [6.07, 6.45) is 9.28. The molecule has 0 spiro atoms. The van der Waals surface area contributed by atoms with E-state index in [0.29, 0.717) is 10.4 Å². The molecule has 1 N–H and O–H groups in total. The highest BCUT2D eigenvalue weighted by Gasteiger charge is 2.32. The first-order chi connectivity index (χ1) is 8.78. The van der Waals surface area contributed by atoms with Crippen LogP contribution in [-0.4, -0.2) is 22.5 Å².